The summed E-state index contributed by atoms with van der Waals surface area (Å²) in [6.45, 7) is 0. The smallest absolute Gasteiger partial charge is 0.416 e. The third kappa shape index (κ3) is 3.33. The molecule has 8 heteroatoms. The molecule has 1 amide bonds. The van der Waals surface area contributed by atoms with E-state index in [1.807, 2.05) is 0 Å². The second-order valence-electron chi connectivity index (χ2n) is 6.38. The average Bonchev–Trinajstić information content (AvgIpc) is 3.11. The molecule has 2 aromatic rings. The summed E-state index contributed by atoms with van der Waals surface area (Å²) in [5, 5.41) is 12.1. The molecule has 1 heterocycles. The van der Waals surface area contributed by atoms with Gasteiger partial charge in [0.15, 0.2) is 0 Å². The molecule has 1 aliphatic rings. The maximum atomic E-state index is 12.8. The fourth-order valence-corrected chi connectivity index (χ4v) is 3.34. The molecule has 5 nitrogen and oxygen atoms in total. The number of fused-ring (bicyclic) bond motifs is 1. The molecule has 1 fully saturated rings. The zero-order valence-electron chi connectivity index (χ0n) is 13.4. The van der Waals surface area contributed by atoms with Gasteiger partial charge in [0.1, 0.15) is 5.69 Å². The first-order valence-electron chi connectivity index (χ1n) is 7.87. The highest BCUT2D eigenvalue weighted by molar-refractivity contribution is 5.99. The van der Waals surface area contributed by atoms with Crippen molar-refractivity contribution in [3.63, 3.8) is 0 Å². The number of aliphatic carboxylic acids is 1. The maximum absolute atomic E-state index is 12.8. The van der Waals surface area contributed by atoms with Crippen LogP contribution in [0.1, 0.15) is 35.3 Å². The Labute approximate surface area is 141 Å². The fraction of sp³-hybridized carbons (Fsp3) is 0.412. The summed E-state index contributed by atoms with van der Waals surface area (Å²) >= 11 is 0. The normalized spacial score (nSPS) is 20.8. The van der Waals surface area contributed by atoms with Crippen molar-refractivity contribution >= 4 is 22.8 Å². The van der Waals surface area contributed by atoms with Gasteiger partial charge >= 0.3 is 12.1 Å². The summed E-state index contributed by atoms with van der Waals surface area (Å²) in [6.07, 6.45) is -3.00. The van der Waals surface area contributed by atoms with Crippen molar-refractivity contribution in [2.45, 2.75) is 31.5 Å². The average molecular weight is 354 g/mol. The van der Waals surface area contributed by atoms with Crippen LogP contribution in [0.15, 0.2) is 24.3 Å². The molecule has 2 atom stereocenters. The first-order valence-corrected chi connectivity index (χ1v) is 7.87. The number of carboxylic acid groups (broad SMARTS) is 1. The molecule has 0 aliphatic heterocycles. The molecule has 1 aliphatic carbocycles. The minimum Gasteiger partial charge on any atom is -0.481 e. The summed E-state index contributed by atoms with van der Waals surface area (Å²) in [7, 11) is 1.61. The lowest BCUT2D eigenvalue weighted by molar-refractivity contribution is -0.141. The van der Waals surface area contributed by atoms with Crippen LogP contribution in [0.3, 0.4) is 0 Å². The maximum Gasteiger partial charge on any atom is 0.416 e. The number of nitrogens with zero attached hydrogens (tertiary/aromatic N) is 1. The number of carbonyl (C=O) groups excluding carboxylic acids is 1. The van der Waals surface area contributed by atoms with Crippen molar-refractivity contribution in [1.82, 2.24) is 9.88 Å². The molecule has 1 aromatic carbocycles. The Balaban J connectivity index is 1.82. The van der Waals surface area contributed by atoms with Crippen LogP contribution in [-0.2, 0) is 18.0 Å². The van der Waals surface area contributed by atoms with E-state index in [1.54, 1.807) is 7.05 Å². The summed E-state index contributed by atoms with van der Waals surface area (Å²) in [5.41, 5.74) is -0.00117. The molecule has 3 rings (SSSR count). The van der Waals surface area contributed by atoms with Crippen molar-refractivity contribution in [1.29, 1.82) is 0 Å². The van der Waals surface area contributed by atoms with Crippen molar-refractivity contribution < 1.29 is 27.9 Å². The lowest BCUT2D eigenvalue weighted by Gasteiger charge is -2.13. The van der Waals surface area contributed by atoms with E-state index in [0.29, 0.717) is 30.2 Å². The van der Waals surface area contributed by atoms with Gasteiger partial charge in [-0.2, -0.15) is 13.2 Å². The Morgan fingerprint density at radius 2 is 1.96 bits per heavy atom. The van der Waals surface area contributed by atoms with E-state index in [0.717, 1.165) is 12.1 Å². The Kier molecular flexibility index (Phi) is 4.22. The zero-order valence-corrected chi connectivity index (χ0v) is 13.4. The van der Waals surface area contributed by atoms with E-state index in [-0.39, 0.29) is 11.7 Å². The molecule has 0 spiro atoms. The van der Waals surface area contributed by atoms with E-state index in [1.165, 1.54) is 16.7 Å². The number of carboxylic acids is 1. The second-order valence-corrected chi connectivity index (χ2v) is 6.38. The number of benzene rings is 1. The number of carbonyl (C=O) groups is 2. The molecule has 25 heavy (non-hydrogen) atoms. The fourth-order valence-electron chi connectivity index (χ4n) is 3.34. The number of alkyl halides is 3. The van der Waals surface area contributed by atoms with Gasteiger partial charge in [-0.05, 0) is 43.5 Å². The molecule has 0 unspecified atom stereocenters. The standard InChI is InChI=1S/C17H17F3N2O3/c1-22-13-5-3-11(17(18,19)20)6-10(13)8-14(22)15(23)21-12-4-2-9(7-12)16(24)25/h3,5-6,8-9,12H,2,4,7H2,1H3,(H,21,23)(H,24,25)/t9-,12+/m1/s1. The quantitative estimate of drug-likeness (QED) is 0.889. The number of hydrogen-bond donors (Lipinski definition) is 2. The number of nitrogens with one attached hydrogen (secondary N) is 1. The van der Waals surface area contributed by atoms with Gasteiger partial charge in [0.2, 0.25) is 0 Å². The van der Waals surface area contributed by atoms with E-state index in [4.69, 9.17) is 5.11 Å². The predicted octanol–water partition coefficient (Wildman–Crippen LogP) is 3.18. The second kappa shape index (κ2) is 6.09. The SMILES string of the molecule is Cn1c(C(=O)N[C@H]2CC[C@@H](C(=O)O)C2)cc2cc(C(F)(F)F)ccc21. The largest absolute Gasteiger partial charge is 0.481 e. The molecule has 1 aromatic heterocycles. The Hall–Kier alpha value is -2.51. The molecule has 134 valence electrons. The highest BCUT2D eigenvalue weighted by Gasteiger charge is 2.32. The molecular formula is C17H17F3N2O3. The lowest BCUT2D eigenvalue weighted by Crippen LogP contribution is -2.34. The van der Waals surface area contributed by atoms with Gasteiger partial charge in [-0.3, -0.25) is 9.59 Å². The van der Waals surface area contributed by atoms with Crippen molar-refractivity contribution in [2.75, 3.05) is 0 Å². The number of aromatic nitrogens is 1. The van der Waals surface area contributed by atoms with Gasteiger partial charge in [-0.1, -0.05) is 0 Å². The first-order chi connectivity index (χ1) is 11.7. The third-order valence-electron chi connectivity index (χ3n) is 4.72. The number of halogens is 3. The van der Waals surface area contributed by atoms with E-state index >= 15 is 0 Å². The molecule has 0 saturated heterocycles. The van der Waals surface area contributed by atoms with Gasteiger partial charge in [0.05, 0.1) is 11.5 Å². The van der Waals surface area contributed by atoms with Gasteiger partial charge in [-0.15, -0.1) is 0 Å². The Bertz CT molecular complexity index is 842. The highest BCUT2D eigenvalue weighted by atomic mass is 19.4. The van der Waals surface area contributed by atoms with Crippen LogP contribution < -0.4 is 5.32 Å². The number of hydrogen-bond acceptors (Lipinski definition) is 2. The molecule has 0 bridgehead atoms. The topological polar surface area (TPSA) is 71.3 Å². The van der Waals surface area contributed by atoms with Crippen LogP contribution >= 0.6 is 0 Å². The molecular weight excluding hydrogens is 337 g/mol. The van der Waals surface area contributed by atoms with E-state index < -0.39 is 29.5 Å². The van der Waals surface area contributed by atoms with Gasteiger partial charge in [0.25, 0.3) is 5.91 Å². The van der Waals surface area contributed by atoms with Gasteiger partial charge in [0, 0.05) is 24.0 Å². The van der Waals surface area contributed by atoms with Crippen LogP contribution in [-0.4, -0.2) is 27.6 Å². The highest BCUT2D eigenvalue weighted by Crippen LogP contribution is 2.32. The Morgan fingerprint density at radius 1 is 1.24 bits per heavy atom. The summed E-state index contributed by atoms with van der Waals surface area (Å²) in [4.78, 5) is 23.4. The predicted molar refractivity (Wildman–Crippen MR) is 84.2 cm³/mol. The van der Waals surface area contributed by atoms with E-state index in [2.05, 4.69) is 5.32 Å². The van der Waals surface area contributed by atoms with Crippen LogP contribution in [0.2, 0.25) is 0 Å². The van der Waals surface area contributed by atoms with Crippen molar-refractivity contribution in [3.05, 3.63) is 35.5 Å². The van der Waals surface area contributed by atoms with Crippen LogP contribution in [0, 0.1) is 5.92 Å². The number of aryl methyl sites for hydroxylation is 1. The van der Waals surface area contributed by atoms with Crippen LogP contribution in [0.4, 0.5) is 13.2 Å². The zero-order chi connectivity index (χ0) is 18.4. The molecule has 2 N–H and O–H groups in total. The minimum atomic E-state index is -4.44. The summed E-state index contributed by atoms with van der Waals surface area (Å²) in [5.74, 6) is -1.75. The summed E-state index contributed by atoms with van der Waals surface area (Å²) < 4.78 is 40.0. The minimum absolute atomic E-state index is 0.239. The van der Waals surface area contributed by atoms with Crippen molar-refractivity contribution in [2.24, 2.45) is 13.0 Å². The number of amides is 1. The monoisotopic (exact) mass is 354 g/mol. The van der Waals surface area contributed by atoms with Gasteiger partial charge in [-0.25, -0.2) is 0 Å². The van der Waals surface area contributed by atoms with Gasteiger partial charge < -0.3 is 15.0 Å². The van der Waals surface area contributed by atoms with Crippen molar-refractivity contribution in [3.8, 4) is 0 Å². The lowest BCUT2D eigenvalue weighted by atomic mass is 10.1. The molecule has 1 saturated carbocycles. The van der Waals surface area contributed by atoms with Crippen LogP contribution in [0.5, 0.6) is 0 Å². The third-order valence-corrected chi connectivity index (χ3v) is 4.72. The molecule has 0 radical (unpaired) electrons. The Morgan fingerprint density at radius 3 is 2.56 bits per heavy atom. The van der Waals surface area contributed by atoms with Crippen LogP contribution in [0.25, 0.3) is 10.9 Å². The number of rotatable bonds is 3. The summed E-state index contributed by atoms with van der Waals surface area (Å²) in [6, 6.07) is 4.52. The first kappa shape index (κ1) is 17.3. The van der Waals surface area contributed by atoms with E-state index in [9.17, 15) is 22.8 Å².